The van der Waals surface area contributed by atoms with Crippen LogP contribution in [0.25, 0.3) is 0 Å². The van der Waals surface area contributed by atoms with E-state index in [4.69, 9.17) is 5.73 Å². The van der Waals surface area contributed by atoms with Gasteiger partial charge in [-0.25, -0.2) is 0 Å². The largest absolute Gasteiger partial charge is 0.352 e. The smallest absolute Gasteiger partial charge is 0.240 e. The van der Waals surface area contributed by atoms with Gasteiger partial charge in [0.15, 0.2) is 0 Å². The Hall–Kier alpha value is -0.320. The Morgan fingerprint density at radius 2 is 1.74 bits per heavy atom. The van der Waals surface area contributed by atoms with E-state index in [0.717, 1.165) is 37.6 Å². The number of rotatable bonds is 5. The highest BCUT2D eigenvalue weighted by molar-refractivity contribution is 5.86. The number of piperidine rings is 1. The molecule has 0 aromatic carbocycles. The van der Waals surface area contributed by atoms with Crippen molar-refractivity contribution >= 4 is 18.3 Å². The second-order valence-electron chi connectivity index (χ2n) is 7.86. The third-order valence-corrected chi connectivity index (χ3v) is 5.65. The Morgan fingerprint density at radius 3 is 2.26 bits per heavy atom. The van der Waals surface area contributed by atoms with Gasteiger partial charge in [-0.05, 0) is 70.9 Å². The lowest BCUT2D eigenvalue weighted by molar-refractivity contribution is -0.127. The van der Waals surface area contributed by atoms with Crippen LogP contribution in [0.15, 0.2) is 0 Å². The Bertz CT molecular complexity index is 359. The number of likely N-dealkylation sites (tertiary alicyclic amines) is 1. The molecule has 1 heterocycles. The van der Waals surface area contributed by atoms with Gasteiger partial charge in [0.25, 0.3) is 0 Å². The highest BCUT2D eigenvalue weighted by Gasteiger charge is 2.32. The minimum absolute atomic E-state index is 0. The second-order valence-corrected chi connectivity index (χ2v) is 7.86. The summed E-state index contributed by atoms with van der Waals surface area (Å²) in [4.78, 5) is 15.0. The molecule has 0 radical (unpaired) electrons. The number of nitrogens with two attached hydrogens (primary N) is 1. The number of carbonyl (C=O) groups is 1. The molecular weight excluding hydrogens is 310 g/mol. The molecule has 3 N–H and O–H groups in total. The maximum atomic E-state index is 12.3. The average Bonchev–Trinajstić information content (AvgIpc) is 2.49. The van der Waals surface area contributed by atoms with Crippen molar-refractivity contribution in [1.29, 1.82) is 0 Å². The van der Waals surface area contributed by atoms with E-state index in [2.05, 4.69) is 24.1 Å². The molecule has 1 unspecified atom stereocenters. The first-order valence-electron chi connectivity index (χ1n) is 9.26. The summed E-state index contributed by atoms with van der Waals surface area (Å²) in [5.74, 6) is 0.928. The third-order valence-electron chi connectivity index (χ3n) is 5.65. The number of nitrogens with zero attached hydrogens (tertiary/aromatic N) is 1. The standard InChI is InChI=1S/C18H35N3O.ClH/c1-4-11-18(3,19)17(22)20-15-5-7-16(8-6-15)21-12-9-14(2)10-13-21;/h14-16H,4-13,19H2,1-3H3,(H,20,22);1H. The van der Waals surface area contributed by atoms with Crippen LogP contribution in [0.2, 0.25) is 0 Å². The van der Waals surface area contributed by atoms with E-state index < -0.39 is 5.54 Å². The number of hydrogen-bond donors (Lipinski definition) is 2. The predicted molar refractivity (Wildman–Crippen MR) is 98.9 cm³/mol. The summed E-state index contributed by atoms with van der Waals surface area (Å²) in [6.07, 6.45) is 9.03. The summed E-state index contributed by atoms with van der Waals surface area (Å²) in [5, 5.41) is 3.19. The SMILES string of the molecule is CCCC(C)(N)C(=O)NC1CCC(N2CCC(C)CC2)CC1.Cl. The summed E-state index contributed by atoms with van der Waals surface area (Å²) >= 11 is 0. The van der Waals surface area contributed by atoms with Crippen LogP contribution < -0.4 is 11.1 Å². The fourth-order valence-corrected chi connectivity index (χ4v) is 3.96. The van der Waals surface area contributed by atoms with Gasteiger partial charge in [-0.15, -0.1) is 12.4 Å². The number of carbonyl (C=O) groups excluding carboxylic acids is 1. The normalized spacial score (nSPS) is 29.4. The number of hydrogen-bond acceptors (Lipinski definition) is 3. The third kappa shape index (κ3) is 5.91. The van der Waals surface area contributed by atoms with Crippen molar-refractivity contribution in [2.75, 3.05) is 13.1 Å². The number of amides is 1. The molecule has 2 fully saturated rings. The van der Waals surface area contributed by atoms with Gasteiger partial charge in [0.05, 0.1) is 5.54 Å². The summed E-state index contributed by atoms with van der Waals surface area (Å²) in [5.41, 5.74) is 5.41. The lowest BCUT2D eigenvalue weighted by Crippen LogP contribution is -2.55. The fraction of sp³-hybridized carbons (Fsp3) is 0.944. The van der Waals surface area contributed by atoms with Crippen LogP contribution in [0.5, 0.6) is 0 Å². The first-order chi connectivity index (χ1) is 10.4. The topological polar surface area (TPSA) is 58.4 Å². The van der Waals surface area contributed by atoms with Crippen LogP contribution in [0, 0.1) is 5.92 Å². The molecule has 1 saturated heterocycles. The van der Waals surface area contributed by atoms with Gasteiger partial charge in [-0.1, -0.05) is 20.3 Å². The molecule has 0 aromatic rings. The molecule has 2 aliphatic rings. The van der Waals surface area contributed by atoms with Crippen LogP contribution in [0.3, 0.4) is 0 Å². The monoisotopic (exact) mass is 345 g/mol. The zero-order valence-corrected chi connectivity index (χ0v) is 16.0. The summed E-state index contributed by atoms with van der Waals surface area (Å²) < 4.78 is 0. The predicted octanol–water partition coefficient (Wildman–Crippen LogP) is 3.09. The highest BCUT2D eigenvalue weighted by atomic mass is 35.5. The average molecular weight is 346 g/mol. The van der Waals surface area contributed by atoms with Gasteiger partial charge in [0, 0.05) is 12.1 Å². The molecule has 0 bridgehead atoms. The van der Waals surface area contributed by atoms with Gasteiger partial charge in [0.2, 0.25) is 5.91 Å². The van der Waals surface area contributed by atoms with Crippen molar-refractivity contribution in [1.82, 2.24) is 10.2 Å². The molecule has 0 spiro atoms. The fourth-order valence-electron chi connectivity index (χ4n) is 3.96. The van der Waals surface area contributed by atoms with Gasteiger partial charge < -0.3 is 16.0 Å². The zero-order valence-electron chi connectivity index (χ0n) is 15.1. The van der Waals surface area contributed by atoms with Crippen molar-refractivity contribution in [2.45, 2.75) is 89.8 Å². The Morgan fingerprint density at radius 1 is 1.17 bits per heavy atom. The number of halogens is 1. The van der Waals surface area contributed by atoms with Crippen molar-refractivity contribution in [3.63, 3.8) is 0 Å². The van der Waals surface area contributed by atoms with Crippen molar-refractivity contribution in [3.8, 4) is 0 Å². The molecule has 2 rings (SSSR count). The molecular formula is C18H36ClN3O. The van der Waals surface area contributed by atoms with Crippen LogP contribution in [-0.2, 0) is 4.79 Å². The molecule has 1 aliphatic carbocycles. The van der Waals surface area contributed by atoms with E-state index in [9.17, 15) is 4.79 Å². The van der Waals surface area contributed by atoms with Crippen LogP contribution in [0.1, 0.15) is 72.1 Å². The summed E-state index contributed by atoms with van der Waals surface area (Å²) in [6, 6.07) is 1.06. The lowest BCUT2D eigenvalue weighted by atomic mass is 9.87. The van der Waals surface area contributed by atoms with E-state index in [0.29, 0.717) is 6.04 Å². The van der Waals surface area contributed by atoms with E-state index in [1.54, 1.807) is 0 Å². The minimum Gasteiger partial charge on any atom is -0.352 e. The Balaban J connectivity index is 0.00000264. The van der Waals surface area contributed by atoms with Gasteiger partial charge in [-0.3, -0.25) is 4.79 Å². The van der Waals surface area contributed by atoms with Crippen LogP contribution >= 0.6 is 12.4 Å². The molecule has 1 aliphatic heterocycles. The van der Waals surface area contributed by atoms with E-state index in [1.807, 2.05) is 6.92 Å². The second kappa shape index (κ2) is 9.24. The Labute approximate surface area is 148 Å². The maximum absolute atomic E-state index is 12.3. The lowest BCUT2D eigenvalue weighted by Gasteiger charge is -2.40. The summed E-state index contributed by atoms with van der Waals surface area (Å²) in [6.45, 7) is 8.82. The minimum atomic E-state index is -0.714. The highest BCUT2D eigenvalue weighted by Crippen LogP contribution is 2.27. The summed E-state index contributed by atoms with van der Waals surface area (Å²) in [7, 11) is 0. The molecule has 0 aromatic heterocycles. The molecule has 1 atom stereocenters. The maximum Gasteiger partial charge on any atom is 0.240 e. The van der Waals surface area contributed by atoms with Gasteiger partial charge >= 0.3 is 0 Å². The molecule has 1 amide bonds. The first-order valence-corrected chi connectivity index (χ1v) is 9.26. The molecule has 136 valence electrons. The van der Waals surface area contributed by atoms with Crippen molar-refractivity contribution in [2.24, 2.45) is 11.7 Å². The Kier molecular flexibility index (Phi) is 8.32. The van der Waals surface area contributed by atoms with Crippen LogP contribution in [-0.4, -0.2) is 41.5 Å². The molecule has 23 heavy (non-hydrogen) atoms. The van der Waals surface area contributed by atoms with Gasteiger partial charge in [-0.2, -0.15) is 0 Å². The molecule has 1 saturated carbocycles. The van der Waals surface area contributed by atoms with E-state index >= 15 is 0 Å². The van der Waals surface area contributed by atoms with Crippen molar-refractivity contribution < 1.29 is 4.79 Å². The molecule has 5 heteroatoms. The number of nitrogens with one attached hydrogen (secondary N) is 1. The zero-order chi connectivity index (χ0) is 16.2. The molecule has 4 nitrogen and oxygen atoms in total. The van der Waals surface area contributed by atoms with Gasteiger partial charge in [0.1, 0.15) is 0 Å². The first kappa shape index (κ1) is 20.7. The van der Waals surface area contributed by atoms with Crippen molar-refractivity contribution in [3.05, 3.63) is 0 Å². The quantitative estimate of drug-likeness (QED) is 0.805. The van der Waals surface area contributed by atoms with E-state index in [1.165, 1.54) is 38.8 Å². The van der Waals surface area contributed by atoms with Crippen LogP contribution in [0.4, 0.5) is 0 Å². The van der Waals surface area contributed by atoms with E-state index in [-0.39, 0.29) is 18.3 Å².